The first-order valence-corrected chi connectivity index (χ1v) is 7.20. The molecule has 0 spiro atoms. The van der Waals surface area contributed by atoms with E-state index in [1.54, 1.807) is 0 Å². The Hall–Kier alpha value is -0.940. The molecule has 2 rings (SSSR count). The first-order valence-electron chi connectivity index (χ1n) is 7.20. The van der Waals surface area contributed by atoms with E-state index in [0.29, 0.717) is 6.54 Å². The summed E-state index contributed by atoms with van der Waals surface area (Å²) in [7, 11) is 0. The summed E-state index contributed by atoms with van der Waals surface area (Å²) in [5.41, 5.74) is 6.52. The Kier molecular flexibility index (Phi) is 4.49. The van der Waals surface area contributed by atoms with Crippen molar-refractivity contribution in [1.29, 1.82) is 0 Å². The predicted molar refractivity (Wildman–Crippen MR) is 80.5 cm³/mol. The number of hydrogen-bond acceptors (Lipinski definition) is 4. The second-order valence-corrected chi connectivity index (χ2v) is 6.54. The number of hydrogen-bond donors (Lipinski definition) is 2. The van der Waals surface area contributed by atoms with E-state index in [0.717, 1.165) is 18.7 Å². The van der Waals surface area contributed by atoms with Crippen molar-refractivity contribution in [3.63, 3.8) is 0 Å². The molecule has 1 aliphatic rings. The summed E-state index contributed by atoms with van der Waals surface area (Å²) < 4.78 is 5.91. The van der Waals surface area contributed by atoms with Crippen molar-refractivity contribution >= 4 is 0 Å². The Balaban J connectivity index is 2.14. The standard InChI is InChI=1S/C16H26N2O2/c1-13-9-18(10-15(2,3)20-13)11-16(17,12-19)14-7-5-4-6-8-14/h4-8,13,19H,9-12,17H2,1-3H3. The molecule has 1 saturated heterocycles. The van der Waals surface area contributed by atoms with E-state index in [-0.39, 0.29) is 18.3 Å². The molecule has 0 aromatic heterocycles. The Bertz CT molecular complexity index is 435. The molecular weight excluding hydrogens is 252 g/mol. The number of nitrogens with two attached hydrogens (primary N) is 1. The van der Waals surface area contributed by atoms with Crippen LogP contribution in [0.3, 0.4) is 0 Å². The highest BCUT2D eigenvalue weighted by Crippen LogP contribution is 2.25. The van der Waals surface area contributed by atoms with Crippen molar-refractivity contribution in [2.24, 2.45) is 5.73 Å². The van der Waals surface area contributed by atoms with Crippen LogP contribution in [0, 0.1) is 0 Å². The smallest absolute Gasteiger partial charge is 0.0772 e. The fraction of sp³-hybridized carbons (Fsp3) is 0.625. The van der Waals surface area contributed by atoms with Gasteiger partial charge in [0.15, 0.2) is 0 Å². The molecule has 1 aromatic carbocycles. The summed E-state index contributed by atoms with van der Waals surface area (Å²) in [6, 6.07) is 9.83. The van der Waals surface area contributed by atoms with Gasteiger partial charge in [-0.3, -0.25) is 4.90 Å². The van der Waals surface area contributed by atoms with E-state index < -0.39 is 5.54 Å². The zero-order valence-corrected chi connectivity index (χ0v) is 12.7. The van der Waals surface area contributed by atoms with Crippen LogP contribution in [0.4, 0.5) is 0 Å². The Labute approximate surface area is 121 Å². The van der Waals surface area contributed by atoms with Gasteiger partial charge in [0.25, 0.3) is 0 Å². The molecule has 2 unspecified atom stereocenters. The maximum Gasteiger partial charge on any atom is 0.0772 e. The van der Waals surface area contributed by atoms with Crippen LogP contribution in [-0.2, 0) is 10.3 Å². The van der Waals surface area contributed by atoms with Crippen molar-refractivity contribution in [3.8, 4) is 0 Å². The molecule has 0 saturated carbocycles. The fourth-order valence-corrected chi connectivity index (χ4v) is 3.11. The number of aliphatic hydroxyl groups is 1. The van der Waals surface area contributed by atoms with Gasteiger partial charge < -0.3 is 15.6 Å². The van der Waals surface area contributed by atoms with Gasteiger partial charge in [-0.05, 0) is 26.3 Å². The number of benzene rings is 1. The first kappa shape index (κ1) is 15.4. The molecule has 0 bridgehead atoms. The third-order valence-electron chi connectivity index (χ3n) is 3.78. The normalized spacial score (nSPS) is 26.1. The fourth-order valence-electron chi connectivity index (χ4n) is 3.11. The lowest BCUT2D eigenvalue weighted by atomic mass is 9.90. The predicted octanol–water partition coefficient (Wildman–Crippen LogP) is 1.33. The minimum absolute atomic E-state index is 0.0663. The van der Waals surface area contributed by atoms with Gasteiger partial charge in [-0.2, -0.15) is 0 Å². The summed E-state index contributed by atoms with van der Waals surface area (Å²) in [5.74, 6) is 0. The molecule has 3 N–H and O–H groups in total. The van der Waals surface area contributed by atoms with Gasteiger partial charge in [-0.25, -0.2) is 0 Å². The molecule has 2 atom stereocenters. The molecule has 0 aliphatic carbocycles. The highest BCUT2D eigenvalue weighted by Gasteiger charge is 2.36. The number of ether oxygens (including phenoxy) is 1. The first-order chi connectivity index (χ1) is 9.35. The van der Waals surface area contributed by atoms with Crippen LogP contribution in [-0.4, -0.2) is 48.0 Å². The van der Waals surface area contributed by atoms with Gasteiger partial charge in [0.1, 0.15) is 0 Å². The van der Waals surface area contributed by atoms with Gasteiger partial charge in [0.05, 0.1) is 23.9 Å². The Morgan fingerprint density at radius 1 is 1.40 bits per heavy atom. The number of rotatable bonds is 4. The maximum absolute atomic E-state index is 9.78. The van der Waals surface area contributed by atoms with E-state index in [1.165, 1.54) is 0 Å². The number of nitrogens with zero attached hydrogens (tertiary/aromatic N) is 1. The van der Waals surface area contributed by atoms with Gasteiger partial charge >= 0.3 is 0 Å². The van der Waals surface area contributed by atoms with E-state index in [1.807, 2.05) is 30.3 Å². The van der Waals surface area contributed by atoms with E-state index in [2.05, 4.69) is 25.7 Å². The largest absolute Gasteiger partial charge is 0.394 e. The summed E-state index contributed by atoms with van der Waals surface area (Å²) in [5, 5.41) is 9.78. The van der Waals surface area contributed by atoms with Crippen LogP contribution in [0.15, 0.2) is 30.3 Å². The zero-order chi connectivity index (χ0) is 14.8. The zero-order valence-electron chi connectivity index (χ0n) is 12.7. The number of morpholine rings is 1. The topological polar surface area (TPSA) is 58.7 Å². The average molecular weight is 278 g/mol. The van der Waals surface area contributed by atoms with Gasteiger partial charge in [-0.1, -0.05) is 30.3 Å². The third kappa shape index (κ3) is 3.58. The van der Waals surface area contributed by atoms with Crippen LogP contribution >= 0.6 is 0 Å². The van der Waals surface area contributed by atoms with E-state index in [9.17, 15) is 5.11 Å². The van der Waals surface area contributed by atoms with Gasteiger partial charge in [0, 0.05) is 19.6 Å². The van der Waals surface area contributed by atoms with Crippen molar-refractivity contribution in [2.75, 3.05) is 26.2 Å². The highest BCUT2D eigenvalue weighted by molar-refractivity contribution is 5.24. The molecule has 1 heterocycles. The van der Waals surface area contributed by atoms with Crippen LogP contribution in [0.2, 0.25) is 0 Å². The molecule has 1 aromatic rings. The molecule has 112 valence electrons. The lowest BCUT2D eigenvalue weighted by molar-refractivity contribution is -0.133. The minimum Gasteiger partial charge on any atom is -0.394 e. The summed E-state index contributed by atoms with van der Waals surface area (Å²) >= 11 is 0. The lowest BCUT2D eigenvalue weighted by Gasteiger charge is -2.44. The molecule has 1 fully saturated rings. The lowest BCUT2D eigenvalue weighted by Crippen LogP contribution is -2.58. The Morgan fingerprint density at radius 3 is 2.60 bits per heavy atom. The van der Waals surface area contributed by atoms with Crippen LogP contribution < -0.4 is 5.73 Å². The average Bonchev–Trinajstić information content (AvgIpc) is 2.37. The SMILES string of the molecule is CC1CN(CC(N)(CO)c2ccccc2)CC(C)(C)O1. The summed E-state index contributed by atoms with van der Waals surface area (Å²) in [6.45, 7) is 8.49. The van der Waals surface area contributed by atoms with Crippen LogP contribution in [0.5, 0.6) is 0 Å². The van der Waals surface area contributed by atoms with Crippen LogP contribution in [0.1, 0.15) is 26.3 Å². The van der Waals surface area contributed by atoms with Crippen molar-refractivity contribution in [1.82, 2.24) is 4.90 Å². The molecule has 4 nitrogen and oxygen atoms in total. The molecule has 4 heteroatoms. The van der Waals surface area contributed by atoms with Crippen molar-refractivity contribution < 1.29 is 9.84 Å². The molecule has 20 heavy (non-hydrogen) atoms. The second kappa shape index (κ2) is 5.82. The number of aliphatic hydroxyl groups excluding tert-OH is 1. The highest BCUT2D eigenvalue weighted by atomic mass is 16.5. The molecule has 0 radical (unpaired) electrons. The van der Waals surface area contributed by atoms with Crippen molar-refractivity contribution in [2.45, 2.75) is 38.0 Å². The van der Waals surface area contributed by atoms with Crippen molar-refractivity contribution in [3.05, 3.63) is 35.9 Å². The monoisotopic (exact) mass is 278 g/mol. The molecule has 1 aliphatic heterocycles. The van der Waals surface area contributed by atoms with Crippen LogP contribution in [0.25, 0.3) is 0 Å². The van der Waals surface area contributed by atoms with E-state index >= 15 is 0 Å². The molecule has 0 amide bonds. The quantitative estimate of drug-likeness (QED) is 0.872. The van der Waals surface area contributed by atoms with Gasteiger partial charge in [-0.15, -0.1) is 0 Å². The second-order valence-electron chi connectivity index (χ2n) is 6.54. The Morgan fingerprint density at radius 2 is 2.05 bits per heavy atom. The third-order valence-corrected chi connectivity index (χ3v) is 3.78. The molecular formula is C16H26N2O2. The van der Waals surface area contributed by atoms with Gasteiger partial charge in [0.2, 0.25) is 0 Å². The van der Waals surface area contributed by atoms with E-state index in [4.69, 9.17) is 10.5 Å². The summed E-state index contributed by atoms with van der Waals surface area (Å²) in [6.07, 6.45) is 0.178. The minimum atomic E-state index is -0.728. The maximum atomic E-state index is 9.78. The summed E-state index contributed by atoms with van der Waals surface area (Å²) in [4.78, 5) is 2.29.